The number of halogens is 1. The van der Waals surface area contributed by atoms with Crippen molar-refractivity contribution in [1.29, 1.82) is 0 Å². The number of methoxy groups -OCH3 is 1. The van der Waals surface area contributed by atoms with Gasteiger partial charge in [0.1, 0.15) is 18.1 Å². The average molecular weight is 408 g/mol. The summed E-state index contributed by atoms with van der Waals surface area (Å²) in [6.07, 6.45) is 0. The summed E-state index contributed by atoms with van der Waals surface area (Å²) in [6, 6.07) is 10.6. The van der Waals surface area contributed by atoms with Gasteiger partial charge < -0.3 is 14.8 Å². The molecule has 2 rings (SSSR count). The second-order valence-electron chi connectivity index (χ2n) is 6.09. The first-order valence-electron chi connectivity index (χ1n) is 8.53. The number of hydrogen-bond donors (Lipinski definition) is 1. The van der Waals surface area contributed by atoms with Gasteiger partial charge in [-0.05, 0) is 44.3 Å². The molecule has 0 aliphatic rings. The van der Waals surface area contributed by atoms with E-state index in [2.05, 4.69) is 5.32 Å². The van der Waals surface area contributed by atoms with E-state index in [-0.39, 0.29) is 17.3 Å². The molecule has 0 unspecified atom stereocenters. The summed E-state index contributed by atoms with van der Waals surface area (Å²) in [5.74, 6) is 0.662. The summed E-state index contributed by atoms with van der Waals surface area (Å²) in [4.78, 5) is 24.7. The van der Waals surface area contributed by atoms with E-state index in [1.165, 1.54) is 25.3 Å². The van der Waals surface area contributed by atoms with Crippen molar-refractivity contribution in [2.24, 2.45) is 0 Å². The Bertz CT molecular complexity index is 829. The van der Waals surface area contributed by atoms with Gasteiger partial charge in [0, 0.05) is 17.6 Å². The highest BCUT2D eigenvalue weighted by Crippen LogP contribution is 2.29. The van der Waals surface area contributed by atoms with Gasteiger partial charge in [-0.2, -0.15) is 0 Å². The highest BCUT2D eigenvalue weighted by molar-refractivity contribution is 6.30. The number of nitro benzene ring substituents is 1. The van der Waals surface area contributed by atoms with Crippen molar-refractivity contribution in [2.45, 2.75) is 13.0 Å². The first kappa shape index (κ1) is 21.5. The minimum Gasteiger partial charge on any atom is -0.494 e. The van der Waals surface area contributed by atoms with Crippen molar-refractivity contribution in [1.82, 2.24) is 4.90 Å². The number of benzene rings is 2. The average Bonchev–Trinajstić information content (AvgIpc) is 2.68. The number of carbonyl (C=O) groups excluding carboxylic acids is 1. The molecule has 8 nitrogen and oxygen atoms in total. The third-order valence-corrected chi connectivity index (χ3v) is 4.47. The van der Waals surface area contributed by atoms with Crippen molar-refractivity contribution >= 4 is 28.9 Å². The maximum Gasteiger partial charge on any atom is 0.273 e. The fourth-order valence-electron chi connectivity index (χ4n) is 2.37. The molecular formula is C19H22ClN3O5. The number of nitrogens with one attached hydrogen (secondary N) is 1. The lowest BCUT2D eigenvalue weighted by atomic mass is 10.2. The molecule has 1 amide bonds. The van der Waals surface area contributed by atoms with E-state index in [1.54, 1.807) is 31.2 Å². The molecule has 0 saturated carbocycles. The predicted molar refractivity (Wildman–Crippen MR) is 107 cm³/mol. The summed E-state index contributed by atoms with van der Waals surface area (Å²) in [7, 11) is 3.20. The number of non-ortho nitro benzene ring substituents is 1. The molecule has 0 aliphatic heterocycles. The normalized spacial score (nSPS) is 11.8. The lowest BCUT2D eigenvalue weighted by Gasteiger charge is -2.24. The highest BCUT2D eigenvalue weighted by atomic mass is 35.5. The van der Waals surface area contributed by atoms with Gasteiger partial charge in [0.05, 0.1) is 29.8 Å². The molecule has 0 bridgehead atoms. The van der Waals surface area contributed by atoms with Gasteiger partial charge in [0.15, 0.2) is 0 Å². The van der Waals surface area contributed by atoms with Crippen molar-refractivity contribution in [3.05, 3.63) is 57.6 Å². The number of hydrogen-bond acceptors (Lipinski definition) is 6. The Labute approximate surface area is 168 Å². The van der Waals surface area contributed by atoms with Crippen LogP contribution in [0.25, 0.3) is 0 Å². The second-order valence-corrected chi connectivity index (χ2v) is 6.53. The predicted octanol–water partition coefficient (Wildman–Crippen LogP) is 3.59. The van der Waals surface area contributed by atoms with E-state index in [9.17, 15) is 14.9 Å². The van der Waals surface area contributed by atoms with Crippen LogP contribution in [0.15, 0.2) is 42.5 Å². The van der Waals surface area contributed by atoms with E-state index < -0.39 is 11.0 Å². The van der Waals surface area contributed by atoms with Crippen molar-refractivity contribution < 1.29 is 19.2 Å². The van der Waals surface area contributed by atoms with E-state index in [1.807, 2.05) is 11.9 Å². The maximum absolute atomic E-state index is 12.5. The van der Waals surface area contributed by atoms with Crippen LogP contribution in [-0.2, 0) is 4.79 Å². The number of ether oxygens (including phenoxy) is 2. The van der Waals surface area contributed by atoms with Gasteiger partial charge in [-0.1, -0.05) is 11.6 Å². The lowest BCUT2D eigenvalue weighted by molar-refractivity contribution is -0.384. The van der Waals surface area contributed by atoms with Crippen LogP contribution < -0.4 is 14.8 Å². The highest BCUT2D eigenvalue weighted by Gasteiger charge is 2.20. The summed E-state index contributed by atoms with van der Waals surface area (Å²) >= 11 is 5.83. The largest absolute Gasteiger partial charge is 0.494 e. The number of nitrogens with zero attached hydrogens (tertiary/aromatic N) is 2. The number of likely N-dealkylation sites (N-methyl/N-ethyl adjacent to an activating group) is 1. The number of anilines is 1. The third-order valence-electron chi connectivity index (χ3n) is 4.22. The van der Waals surface area contributed by atoms with Crippen molar-refractivity contribution in [3.63, 3.8) is 0 Å². The topological polar surface area (TPSA) is 93.9 Å². The van der Waals surface area contributed by atoms with Crippen LogP contribution in [0.1, 0.15) is 6.92 Å². The van der Waals surface area contributed by atoms with Gasteiger partial charge in [-0.25, -0.2) is 0 Å². The molecule has 2 aromatic rings. The van der Waals surface area contributed by atoms with Gasteiger partial charge in [0.2, 0.25) is 5.91 Å². The molecule has 0 aromatic heterocycles. The molecule has 0 saturated heterocycles. The Balaban J connectivity index is 1.90. The Hall–Kier alpha value is -2.84. The smallest absolute Gasteiger partial charge is 0.273 e. The molecule has 0 fully saturated rings. The minimum atomic E-state index is -0.523. The quantitative estimate of drug-likeness (QED) is 0.504. The van der Waals surface area contributed by atoms with Gasteiger partial charge in [-0.3, -0.25) is 19.8 Å². The first-order chi connectivity index (χ1) is 13.3. The fourth-order valence-corrected chi connectivity index (χ4v) is 2.49. The van der Waals surface area contributed by atoms with E-state index in [0.29, 0.717) is 29.6 Å². The zero-order valence-corrected chi connectivity index (χ0v) is 16.6. The Morgan fingerprint density at radius 3 is 2.57 bits per heavy atom. The SMILES string of the molecule is COc1cc([N+](=O)[O-])ccc1NC(=O)[C@@H](C)N(C)CCOc1ccc(Cl)cc1. The molecule has 2 aromatic carbocycles. The maximum atomic E-state index is 12.5. The summed E-state index contributed by atoms with van der Waals surface area (Å²) < 4.78 is 10.8. The van der Waals surface area contributed by atoms with Crippen LogP contribution in [0, 0.1) is 10.1 Å². The van der Waals surface area contributed by atoms with E-state index in [4.69, 9.17) is 21.1 Å². The molecule has 150 valence electrons. The van der Waals surface area contributed by atoms with Crippen LogP contribution in [0.5, 0.6) is 11.5 Å². The first-order valence-corrected chi connectivity index (χ1v) is 8.91. The van der Waals surface area contributed by atoms with Crippen LogP contribution in [0.4, 0.5) is 11.4 Å². The molecule has 0 aliphatic carbocycles. The summed E-state index contributed by atoms with van der Waals surface area (Å²) in [6.45, 7) is 2.68. The molecule has 28 heavy (non-hydrogen) atoms. The molecular weight excluding hydrogens is 386 g/mol. The van der Waals surface area contributed by atoms with Crippen molar-refractivity contribution in [3.8, 4) is 11.5 Å². The number of carbonyl (C=O) groups is 1. The van der Waals surface area contributed by atoms with Gasteiger partial charge >= 0.3 is 0 Å². The molecule has 0 spiro atoms. The summed E-state index contributed by atoms with van der Waals surface area (Å²) in [5, 5.41) is 14.2. The van der Waals surface area contributed by atoms with Crippen LogP contribution in [-0.4, -0.2) is 49.1 Å². The Morgan fingerprint density at radius 2 is 1.96 bits per heavy atom. The second kappa shape index (κ2) is 9.91. The minimum absolute atomic E-state index is 0.112. The van der Waals surface area contributed by atoms with Gasteiger partial charge in [-0.15, -0.1) is 0 Å². The Morgan fingerprint density at radius 1 is 1.29 bits per heavy atom. The zero-order chi connectivity index (χ0) is 20.7. The summed E-state index contributed by atoms with van der Waals surface area (Å²) in [5.41, 5.74) is 0.259. The number of rotatable bonds is 9. The van der Waals surface area contributed by atoms with E-state index in [0.717, 1.165) is 0 Å². The fraction of sp³-hybridized carbons (Fsp3) is 0.316. The van der Waals surface area contributed by atoms with Crippen LogP contribution >= 0.6 is 11.6 Å². The van der Waals surface area contributed by atoms with Gasteiger partial charge in [0.25, 0.3) is 5.69 Å². The molecule has 0 heterocycles. The molecule has 9 heteroatoms. The van der Waals surface area contributed by atoms with Crippen LogP contribution in [0.2, 0.25) is 5.02 Å². The lowest BCUT2D eigenvalue weighted by Crippen LogP contribution is -2.41. The Kier molecular flexibility index (Phi) is 7.60. The molecule has 1 N–H and O–H groups in total. The zero-order valence-electron chi connectivity index (χ0n) is 15.8. The third kappa shape index (κ3) is 5.83. The standard InChI is InChI=1S/C19H22ClN3O5/c1-13(22(2)10-11-28-16-7-4-14(20)5-8-16)19(24)21-17-9-6-15(23(25)26)12-18(17)27-3/h4-9,12-13H,10-11H2,1-3H3,(H,21,24)/t13-/m1/s1. The van der Waals surface area contributed by atoms with Crippen LogP contribution in [0.3, 0.4) is 0 Å². The number of nitro groups is 1. The number of amides is 1. The molecule has 0 radical (unpaired) electrons. The van der Waals surface area contributed by atoms with E-state index >= 15 is 0 Å². The monoisotopic (exact) mass is 407 g/mol. The van der Waals surface area contributed by atoms with Crippen molar-refractivity contribution in [2.75, 3.05) is 32.6 Å². The molecule has 1 atom stereocenters.